The lowest BCUT2D eigenvalue weighted by Gasteiger charge is -2.19. The van der Waals surface area contributed by atoms with Crippen molar-refractivity contribution in [1.82, 2.24) is 15.2 Å². The first-order valence-electron chi connectivity index (χ1n) is 5.64. The van der Waals surface area contributed by atoms with E-state index in [0.717, 1.165) is 5.56 Å². The molecule has 2 N–H and O–H groups in total. The van der Waals surface area contributed by atoms with Crippen molar-refractivity contribution in [1.29, 1.82) is 0 Å². The molecule has 1 atom stereocenters. The Kier molecular flexibility index (Phi) is 5.10. The molecule has 6 nitrogen and oxygen atoms in total. The van der Waals surface area contributed by atoms with Crippen LogP contribution in [-0.4, -0.2) is 46.6 Å². The molecule has 0 aliphatic rings. The Morgan fingerprint density at radius 3 is 2.61 bits per heavy atom. The van der Waals surface area contributed by atoms with Crippen LogP contribution < -0.4 is 5.32 Å². The molecule has 0 saturated heterocycles. The molecule has 98 valence electrons. The number of pyridine rings is 1. The zero-order valence-corrected chi connectivity index (χ0v) is 10.5. The van der Waals surface area contributed by atoms with E-state index in [4.69, 9.17) is 5.11 Å². The van der Waals surface area contributed by atoms with E-state index in [1.165, 1.54) is 11.8 Å². The number of nitrogens with zero attached hydrogens (tertiary/aromatic N) is 2. The van der Waals surface area contributed by atoms with Crippen LogP contribution in [0.15, 0.2) is 24.5 Å². The summed E-state index contributed by atoms with van der Waals surface area (Å²) in [5.41, 5.74) is 1.08. The summed E-state index contributed by atoms with van der Waals surface area (Å²) in [6.07, 6.45) is 4.09. The lowest BCUT2D eigenvalue weighted by Crippen LogP contribution is -2.45. The van der Waals surface area contributed by atoms with E-state index in [1.54, 1.807) is 19.4 Å². The fraction of sp³-hybridized carbons (Fsp3) is 0.417. The maximum absolute atomic E-state index is 11.6. The second-order valence-electron chi connectivity index (χ2n) is 4.04. The van der Waals surface area contributed by atoms with Gasteiger partial charge in [-0.25, -0.2) is 4.79 Å². The Labute approximate surface area is 106 Å². The van der Waals surface area contributed by atoms with Crippen LogP contribution in [0.3, 0.4) is 0 Å². The predicted octanol–water partition coefficient (Wildman–Crippen LogP) is 0.739. The van der Waals surface area contributed by atoms with Gasteiger partial charge in [-0.2, -0.15) is 0 Å². The normalized spacial score (nSPS) is 11.7. The summed E-state index contributed by atoms with van der Waals surface area (Å²) in [6, 6.07) is 2.48. The van der Waals surface area contributed by atoms with Crippen molar-refractivity contribution in [3.63, 3.8) is 0 Å². The monoisotopic (exact) mass is 251 g/mol. The van der Waals surface area contributed by atoms with Crippen molar-refractivity contribution in [2.75, 3.05) is 13.6 Å². The van der Waals surface area contributed by atoms with E-state index >= 15 is 0 Å². The highest BCUT2D eigenvalue weighted by Crippen LogP contribution is 1.99. The summed E-state index contributed by atoms with van der Waals surface area (Å²) in [5.74, 6) is -1.05. The Bertz CT molecular complexity index is 408. The summed E-state index contributed by atoms with van der Waals surface area (Å²) in [4.78, 5) is 27.6. The van der Waals surface area contributed by atoms with Gasteiger partial charge in [-0.15, -0.1) is 0 Å². The van der Waals surface area contributed by atoms with Crippen molar-refractivity contribution in [2.45, 2.75) is 19.4 Å². The minimum Gasteiger partial charge on any atom is -0.480 e. The molecular weight excluding hydrogens is 234 g/mol. The van der Waals surface area contributed by atoms with Crippen LogP contribution in [0, 0.1) is 0 Å². The number of nitrogens with one attached hydrogen (secondary N) is 1. The lowest BCUT2D eigenvalue weighted by molar-refractivity contribution is -0.138. The van der Waals surface area contributed by atoms with Gasteiger partial charge in [0.05, 0.1) is 0 Å². The number of carbonyl (C=O) groups excluding carboxylic acids is 1. The second kappa shape index (κ2) is 6.58. The van der Waals surface area contributed by atoms with Gasteiger partial charge >= 0.3 is 12.0 Å². The molecule has 0 spiro atoms. The van der Waals surface area contributed by atoms with Crippen molar-refractivity contribution in [3.05, 3.63) is 30.1 Å². The van der Waals surface area contributed by atoms with Crippen molar-refractivity contribution in [3.8, 4) is 0 Å². The average Bonchev–Trinajstić information content (AvgIpc) is 2.36. The largest absolute Gasteiger partial charge is 0.480 e. The van der Waals surface area contributed by atoms with Gasteiger partial charge in [-0.3, -0.25) is 9.78 Å². The predicted molar refractivity (Wildman–Crippen MR) is 66.2 cm³/mol. The minimum atomic E-state index is -1.05. The van der Waals surface area contributed by atoms with Crippen molar-refractivity contribution >= 4 is 12.0 Å². The number of carboxylic acids is 1. The van der Waals surface area contributed by atoms with E-state index in [2.05, 4.69) is 10.3 Å². The third kappa shape index (κ3) is 4.40. The van der Waals surface area contributed by atoms with Gasteiger partial charge in [0.1, 0.15) is 6.04 Å². The summed E-state index contributed by atoms with van der Waals surface area (Å²) in [7, 11) is 1.63. The molecule has 0 fully saturated rings. The van der Waals surface area contributed by atoms with E-state index in [0.29, 0.717) is 13.0 Å². The zero-order valence-electron chi connectivity index (χ0n) is 10.5. The van der Waals surface area contributed by atoms with Gasteiger partial charge in [0, 0.05) is 26.0 Å². The Hall–Kier alpha value is -2.11. The molecule has 0 aliphatic heterocycles. The first-order valence-corrected chi connectivity index (χ1v) is 5.64. The number of hydrogen-bond donors (Lipinski definition) is 2. The molecule has 0 saturated carbocycles. The quantitative estimate of drug-likeness (QED) is 0.808. The fourth-order valence-corrected chi connectivity index (χ4v) is 1.30. The fourth-order valence-electron chi connectivity index (χ4n) is 1.30. The SMILES string of the molecule is CC(NC(=O)N(C)CCc1ccncc1)C(=O)O. The first kappa shape index (κ1) is 14.0. The van der Waals surface area contributed by atoms with Crippen LogP contribution in [-0.2, 0) is 11.2 Å². The lowest BCUT2D eigenvalue weighted by atomic mass is 10.2. The van der Waals surface area contributed by atoms with Crippen molar-refractivity contribution < 1.29 is 14.7 Å². The molecule has 6 heteroatoms. The molecule has 1 heterocycles. The molecular formula is C12H17N3O3. The van der Waals surface area contributed by atoms with E-state index < -0.39 is 12.0 Å². The van der Waals surface area contributed by atoms with Gasteiger partial charge in [-0.05, 0) is 31.0 Å². The highest BCUT2D eigenvalue weighted by molar-refractivity contribution is 5.82. The number of rotatable bonds is 5. The van der Waals surface area contributed by atoms with Crippen LogP contribution in [0.5, 0.6) is 0 Å². The summed E-state index contributed by atoms with van der Waals surface area (Å²) >= 11 is 0. The Morgan fingerprint density at radius 2 is 2.06 bits per heavy atom. The molecule has 1 aromatic rings. The third-order valence-corrected chi connectivity index (χ3v) is 2.54. The van der Waals surface area contributed by atoms with E-state index in [1.807, 2.05) is 12.1 Å². The maximum atomic E-state index is 11.6. The highest BCUT2D eigenvalue weighted by atomic mass is 16.4. The number of aromatic nitrogens is 1. The number of likely N-dealkylation sites (N-methyl/N-ethyl adjacent to an activating group) is 1. The second-order valence-corrected chi connectivity index (χ2v) is 4.04. The number of hydrogen-bond acceptors (Lipinski definition) is 3. The molecule has 2 amide bonds. The molecule has 0 aromatic carbocycles. The van der Waals surface area contributed by atoms with Crippen LogP contribution in [0.1, 0.15) is 12.5 Å². The smallest absolute Gasteiger partial charge is 0.325 e. The number of carboxylic acid groups (broad SMARTS) is 1. The molecule has 0 bridgehead atoms. The molecule has 1 unspecified atom stereocenters. The van der Waals surface area contributed by atoms with Crippen LogP contribution in [0.25, 0.3) is 0 Å². The number of carbonyl (C=O) groups is 2. The zero-order chi connectivity index (χ0) is 13.5. The standard InChI is InChI=1S/C12H17N3O3/c1-9(11(16)17)14-12(18)15(2)8-5-10-3-6-13-7-4-10/h3-4,6-7,9H,5,8H2,1-2H3,(H,14,18)(H,16,17). The third-order valence-electron chi connectivity index (χ3n) is 2.54. The Balaban J connectivity index is 2.39. The number of amides is 2. The highest BCUT2D eigenvalue weighted by Gasteiger charge is 2.16. The van der Waals surface area contributed by atoms with Gasteiger partial charge in [0.25, 0.3) is 0 Å². The van der Waals surface area contributed by atoms with Crippen LogP contribution >= 0.6 is 0 Å². The summed E-state index contributed by atoms with van der Waals surface area (Å²) in [6.45, 7) is 1.94. The number of urea groups is 1. The molecule has 18 heavy (non-hydrogen) atoms. The van der Waals surface area contributed by atoms with Crippen molar-refractivity contribution in [2.24, 2.45) is 0 Å². The van der Waals surface area contributed by atoms with Gasteiger partial charge < -0.3 is 15.3 Å². The summed E-state index contributed by atoms with van der Waals surface area (Å²) < 4.78 is 0. The average molecular weight is 251 g/mol. The van der Waals surface area contributed by atoms with Gasteiger partial charge in [-0.1, -0.05) is 0 Å². The minimum absolute atomic E-state index is 0.390. The molecule has 0 aliphatic carbocycles. The van der Waals surface area contributed by atoms with Gasteiger partial charge in [0.2, 0.25) is 0 Å². The topological polar surface area (TPSA) is 82.5 Å². The first-order chi connectivity index (χ1) is 8.50. The van der Waals surface area contributed by atoms with Crippen LogP contribution in [0.4, 0.5) is 4.79 Å². The molecule has 1 aromatic heterocycles. The number of aliphatic carboxylic acids is 1. The van der Waals surface area contributed by atoms with E-state index in [9.17, 15) is 9.59 Å². The van der Waals surface area contributed by atoms with Gasteiger partial charge in [0.15, 0.2) is 0 Å². The molecule has 1 rings (SSSR count). The van der Waals surface area contributed by atoms with E-state index in [-0.39, 0.29) is 6.03 Å². The van der Waals surface area contributed by atoms with Crippen LogP contribution in [0.2, 0.25) is 0 Å². The maximum Gasteiger partial charge on any atom is 0.325 e. The Morgan fingerprint density at radius 1 is 1.44 bits per heavy atom. The summed E-state index contributed by atoms with van der Waals surface area (Å²) in [5, 5.41) is 11.1. The molecule has 0 radical (unpaired) electrons.